The van der Waals surface area contributed by atoms with Gasteiger partial charge in [-0.2, -0.15) is 0 Å². The van der Waals surface area contributed by atoms with Gasteiger partial charge in [-0.15, -0.1) is 0 Å². The highest BCUT2D eigenvalue weighted by atomic mass is 16.5. The minimum Gasteiger partial charge on any atom is -0.457 e. The second-order valence-electron chi connectivity index (χ2n) is 3.30. The maximum absolute atomic E-state index is 5.62. The summed E-state index contributed by atoms with van der Waals surface area (Å²) in [5.74, 6) is 1.56. The molecule has 2 radical (unpaired) electrons. The molecular weight excluding hydrogens is 185 g/mol. The molecule has 0 spiro atoms. The largest absolute Gasteiger partial charge is 0.457 e. The standard InChI is InChI=1S/C12H10BNO/c1-9-8-12(6-7-14-9)15-11-4-2-10(13)3-5-11/h2-8H,1H3. The van der Waals surface area contributed by atoms with E-state index in [0.29, 0.717) is 0 Å². The first-order valence-corrected chi connectivity index (χ1v) is 4.70. The summed E-state index contributed by atoms with van der Waals surface area (Å²) in [6.45, 7) is 1.93. The van der Waals surface area contributed by atoms with Crippen LogP contribution in [0, 0.1) is 6.92 Å². The Balaban J connectivity index is 2.18. The first-order valence-electron chi connectivity index (χ1n) is 4.70. The molecule has 15 heavy (non-hydrogen) atoms. The number of hydrogen-bond acceptors (Lipinski definition) is 2. The molecule has 0 aliphatic heterocycles. The van der Waals surface area contributed by atoms with Gasteiger partial charge in [-0.3, -0.25) is 4.98 Å². The van der Waals surface area contributed by atoms with Crippen LogP contribution >= 0.6 is 0 Å². The average Bonchev–Trinajstić information content (AvgIpc) is 2.22. The Bertz CT molecular complexity index is 453. The highest BCUT2D eigenvalue weighted by molar-refractivity contribution is 6.32. The number of hydrogen-bond donors (Lipinski definition) is 0. The zero-order valence-corrected chi connectivity index (χ0v) is 8.47. The van der Waals surface area contributed by atoms with Gasteiger partial charge >= 0.3 is 0 Å². The van der Waals surface area contributed by atoms with Gasteiger partial charge in [0, 0.05) is 18.0 Å². The van der Waals surface area contributed by atoms with Crippen LogP contribution in [-0.4, -0.2) is 12.8 Å². The van der Waals surface area contributed by atoms with Gasteiger partial charge in [-0.25, -0.2) is 0 Å². The molecule has 0 amide bonds. The molecule has 2 rings (SSSR count). The lowest BCUT2D eigenvalue weighted by Gasteiger charge is -2.05. The van der Waals surface area contributed by atoms with Crippen molar-refractivity contribution in [3.05, 3.63) is 48.3 Å². The number of aryl methyl sites for hydroxylation is 1. The van der Waals surface area contributed by atoms with Crippen LogP contribution in [0.15, 0.2) is 42.6 Å². The number of aromatic nitrogens is 1. The van der Waals surface area contributed by atoms with Gasteiger partial charge in [0.15, 0.2) is 0 Å². The van der Waals surface area contributed by atoms with E-state index in [9.17, 15) is 0 Å². The van der Waals surface area contributed by atoms with Crippen LogP contribution < -0.4 is 10.2 Å². The van der Waals surface area contributed by atoms with E-state index in [2.05, 4.69) is 4.98 Å². The van der Waals surface area contributed by atoms with Crippen LogP contribution in [0.25, 0.3) is 0 Å². The summed E-state index contributed by atoms with van der Waals surface area (Å²) in [7, 11) is 5.58. The maximum atomic E-state index is 5.62. The molecule has 72 valence electrons. The molecule has 0 saturated heterocycles. The molecule has 2 aromatic rings. The molecule has 1 aromatic carbocycles. The van der Waals surface area contributed by atoms with E-state index in [0.717, 1.165) is 22.7 Å². The molecule has 0 unspecified atom stereocenters. The summed E-state index contributed by atoms with van der Waals surface area (Å²) in [6, 6.07) is 11.0. The fourth-order valence-electron chi connectivity index (χ4n) is 1.25. The normalized spacial score (nSPS) is 9.93. The molecule has 0 aliphatic carbocycles. The number of pyridine rings is 1. The molecule has 0 N–H and O–H groups in total. The summed E-state index contributed by atoms with van der Waals surface area (Å²) >= 11 is 0. The molecule has 1 aromatic heterocycles. The van der Waals surface area contributed by atoms with Crippen molar-refractivity contribution in [2.75, 3.05) is 0 Å². The zero-order chi connectivity index (χ0) is 10.7. The van der Waals surface area contributed by atoms with Gasteiger partial charge in [0.1, 0.15) is 19.3 Å². The predicted molar refractivity (Wildman–Crippen MR) is 60.9 cm³/mol. The summed E-state index contributed by atoms with van der Waals surface area (Å²) in [5.41, 5.74) is 1.66. The molecule has 3 heteroatoms. The lowest BCUT2D eigenvalue weighted by molar-refractivity contribution is 0.481. The average molecular weight is 195 g/mol. The lowest BCUT2D eigenvalue weighted by atomic mass is 9.97. The van der Waals surface area contributed by atoms with Crippen molar-refractivity contribution in [3.63, 3.8) is 0 Å². The Kier molecular flexibility index (Phi) is 2.72. The summed E-state index contributed by atoms with van der Waals surface area (Å²) < 4.78 is 5.62. The molecule has 2 nitrogen and oxygen atoms in total. The number of nitrogens with zero attached hydrogens (tertiary/aromatic N) is 1. The van der Waals surface area contributed by atoms with E-state index in [1.165, 1.54) is 0 Å². The maximum Gasteiger partial charge on any atom is 0.130 e. The van der Waals surface area contributed by atoms with Crippen molar-refractivity contribution in [2.45, 2.75) is 6.92 Å². The van der Waals surface area contributed by atoms with Crippen LogP contribution in [0.4, 0.5) is 0 Å². The fourth-order valence-corrected chi connectivity index (χ4v) is 1.25. The SMILES string of the molecule is [B]c1ccc(Oc2ccnc(C)c2)cc1. The van der Waals surface area contributed by atoms with Crippen LogP contribution in [0.1, 0.15) is 5.69 Å². The molecule has 0 aliphatic rings. The summed E-state index contributed by atoms with van der Waals surface area (Å²) in [4.78, 5) is 4.10. The molecule has 0 saturated carbocycles. The van der Waals surface area contributed by atoms with Gasteiger partial charge in [0.2, 0.25) is 0 Å². The molecule has 0 atom stereocenters. The number of ether oxygens (including phenoxy) is 1. The van der Waals surface area contributed by atoms with Crippen molar-refractivity contribution in [2.24, 2.45) is 0 Å². The van der Waals surface area contributed by atoms with Crippen LogP contribution in [-0.2, 0) is 0 Å². The third-order valence-corrected chi connectivity index (χ3v) is 1.98. The van der Waals surface area contributed by atoms with Crippen molar-refractivity contribution in [3.8, 4) is 11.5 Å². The minimum atomic E-state index is 0.730. The van der Waals surface area contributed by atoms with Gasteiger partial charge < -0.3 is 4.74 Å². The molecule has 0 fully saturated rings. The van der Waals surface area contributed by atoms with Crippen LogP contribution in [0.5, 0.6) is 11.5 Å². The van der Waals surface area contributed by atoms with Crippen molar-refractivity contribution in [1.82, 2.24) is 4.98 Å². The Morgan fingerprint density at radius 1 is 1.07 bits per heavy atom. The Labute approximate surface area is 90.3 Å². The third kappa shape index (κ3) is 2.59. The number of rotatable bonds is 2. The topological polar surface area (TPSA) is 22.1 Å². The smallest absolute Gasteiger partial charge is 0.130 e. The zero-order valence-electron chi connectivity index (χ0n) is 8.47. The number of benzene rings is 1. The van der Waals surface area contributed by atoms with E-state index in [1.807, 2.05) is 43.3 Å². The summed E-state index contributed by atoms with van der Waals surface area (Å²) in [6.07, 6.45) is 1.72. The monoisotopic (exact) mass is 195 g/mol. The van der Waals surface area contributed by atoms with Gasteiger partial charge in [0.25, 0.3) is 0 Å². The van der Waals surface area contributed by atoms with Gasteiger partial charge in [0.05, 0.1) is 0 Å². The van der Waals surface area contributed by atoms with E-state index >= 15 is 0 Å². The quantitative estimate of drug-likeness (QED) is 0.683. The first-order chi connectivity index (χ1) is 7.24. The van der Waals surface area contributed by atoms with Crippen molar-refractivity contribution < 1.29 is 4.74 Å². The molecular formula is C12H10BNO. The Morgan fingerprint density at radius 2 is 1.80 bits per heavy atom. The summed E-state index contributed by atoms with van der Waals surface area (Å²) in [5, 5.41) is 0. The first kappa shape index (κ1) is 9.78. The minimum absolute atomic E-state index is 0.730. The van der Waals surface area contributed by atoms with E-state index in [-0.39, 0.29) is 0 Å². The highest BCUT2D eigenvalue weighted by Gasteiger charge is 1.96. The Hall–Kier alpha value is -1.77. The van der Waals surface area contributed by atoms with Crippen molar-refractivity contribution in [1.29, 1.82) is 0 Å². The van der Waals surface area contributed by atoms with Gasteiger partial charge in [-0.05, 0) is 25.1 Å². The Morgan fingerprint density at radius 3 is 2.47 bits per heavy atom. The third-order valence-electron chi connectivity index (χ3n) is 1.98. The second-order valence-corrected chi connectivity index (χ2v) is 3.30. The lowest BCUT2D eigenvalue weighted by Crippen LogP contribution is -1.99. The van der Waals surface area contributed by atoms with Crippen LogP contribution in [0.3, 0.4) is 0 Å². The van der Waals surface area contributed by atoms with Crippen LogP contribution in [0.2, 0.25) is 0 Å². The fraction of sp³-hybridized carbons (Fsp3) is 0.0833. The predicted octanol–water partition coefficient (Wildman–Crippen LogP) is 1.98. The molecule has 1 heterocycles. The van der Waals surface area contributed by atoms with E-state index < -0.39 is 0 Å². The van der Waals surface area contributed by atoms with E-state index in [4.69, 9.17) is 12.6 Å². The van der Waals surface area contributed by atoms with Crippen molar-refractivity contribution >= 4 is 13.3 Å². The van der Waals surface area contributed by atoms with E-state index in [1.54, 1.807) is 6.20 Å². The second kappa shape index (κ2) is 4.17. The van der Waals surface area contributed by atoms with Gasteiger partial charge in [-0.1, -0.05) is 17.6 Å². The molecule has 0 bridgehead atoms. The highest BCUT2D eigenvalue weighted by Crippen LogP contribution is 2.19.